The van der Waals surface area contributed by atoms with Gasteiger partial charge in [0.25, 0.3) is 5.69 Å². The zero-order valence-corrected chi connectivity index (χ0v) is 13.5. The van der Waals surface area contributed by atoms with Crippen LogP contribution in [0.5, 0.6) is 0 Å². The van der Waals surface area contributed by atoms with E-state index in [9.17, 15) is 19.7 Å². The zero-order chi connectivity index (χ0) is 18.0. The molecular formula is C19H15NO5. The van der Waals surface area contributed by atoms with Gasteiger partial charge in [0, 0.05) is 29.7 Å². The first kappa shape index (κ1) is 16.6. The largest absolute Gasteiger partial charge is 0.422 e. The Morgan fingerprint density at radius 1 is 1.08 bits per heavy atom. The molecule has 3 rings (SSSR count). The normalized spacial score (nSPS) is 10.8. The van der Waals surface area contributed by atoms with Gasteiger partial charge in [-0.25, -0.2) is 4.79 Å². The lowest BCUT2D eigenvalue weighted by Crippen LogP contribution is -2.06. The fourth-order valence-electron chi connectivity index (χ4n) is 2.77. The molecule has 1 aromatic heterocycles. The van der Waals surface area contributed by atoms with E-state index in [4.69, 9.17) is 4.42 Å². The van der Waals surface area contributed by atoms with Crippen LogP contribution in [0.3, 0.4) is 0 Å². The highest BCUT2D eigenvalue weighted by atomic mass is 16.6. The van der Waals surface area contributed by atoms with E-state index in [0.717, 1.165) is 10.9 Å². The summed E-state index contributed by atoms with van der Waals surface area (Å²) in [5, 5.41) is 12.0. The van der Waals surface area contributed by atoms with E-state index in [0.29, 0.717) is 29.6 Å². The van der Waals surface area contributed by atoms with Gasteiger partial charge in [-0.3, -0.25) is 10.1 Å². The van der Waals surface area contributed by atoms with E-state index in [2.05, 4.69) is 0 Å². The van der Waals surface area contributed by atoms with Crippen molar-refractivity contribution in [3.8, 4) is 11.3 Å². The summed E-state index contributed by atoms with van der Waals surface area (Å²) >= 11 is 0. The van der Waals surface area contributed by atoms with Gasteiger partial charge in [-0.15, -0.1) is 0 Å². The highest BCUT2D eigenvalue weighted by Gasteiger charge is 2.16. The zero-order valence-electron chi connectivity index (χ0n) is 13.5. The number of carbonyl (C=O) groups excluding carboxylic acids is 1. The minimum atomic E-state index is -0.489. The highest BCUT2D eigenvalue weighted by Crippen LogP contribution is 2.30. The van der Waals surface area contributed by atoms with Crippen LogP contribution < -0.4 is 5.63 Å². The van der Waals surface area contributed by atoms with Crippen LogP contribution >= 0.6 is 0 Å². The molecule has 0 fully saturated rings. The monoisotopic (exact) mass is 337 g/mol. The Morgan fingerprint density at radius 2 is 1.72 bits per heavy atom. The molecule has 0 saturated carbocycles. The summed E-state index contributed by atoms with van der Waals surface area (Å²) < 4.78 is 5.50. The van der Waals surface area contributed by atoms with Gasteiger partial charge in [0.2, 0.25) is 0 Å². The molecule has 126 valence electrons. The van der Waals surface area contributed by atoms with Crippen LogP contribution in [0.1, 0.15) is 18.9 Å². The van der Waals surface area contributed by atoms with Gasteiger partial charge in [-0.2, -0.15) is 0 Å². The number of nitrogens with zero attached hydrogens (tertiary/aromatic N) is 1. The summed E-state index contributed by atoms with van der Waals surface area (Å²) in [6, 6.07) is 12.9. The summed E-state index contributed by atoms with van der Waals surface area (Å²) in [7, 11) is 0. The number of hydrogen-bond acceptors (Lipinski definition) is 5. The third kappa shape index (κ3) is 3.33. The van der Waals surface area contributed by atoms with Gasteiger partial charge in [0.15, 0.2) is 0 Å². The molecule has 0 N–H and O–H groups in total. The maximum atomic E-state index is 12.3. The molecule has 3 aromatic rings. The lowest BCUT2D eigenvalue weighted by Gasteiger charge is -2.11. The number of non-ortho nitro benzene ring substituents is 1. The lowest BCUT2D eigenvalue weighted by atomic mass is 9.97. The summed E-state index contributed by atoms with van der Waals surface area (Å²) in [6.45, 7) is 1.51. The van der Waals surface area contributed by atoms with Gasteiger partial charge in [-0.1, -0.05) is 18.2 Å². The average Bonchev–Trinajstić information content (AvgIpc) is 2.61. The number of benzene rings is 2. The molecule has 2 aromatic carbocycles. The first-order valence-electron chi connectivity index (χ1n) is 7.76. The first-order chi connectivity index (χ1) is 12.0. The molecular weight excluding hydrogens is 322 g/mol. The summed E-state index contributed by atoms with van der Waals surface area (Å²) in [4.78, 5) is 34.0. The van der Waals surface area contributed by atoms with Crippen molar-refractivity contribution in [1.82, 2.24) is 0 Å². The van der Waals surface area contributed by atoms with E-state index in [-0.39, 0.29) is 11.5 Å². The molecule has 0 aliphatic heterocycles. The Balaban J connectivity index is 2.21. The molecule has 0 atom stereocenters. The molecule has 0 unspecified atom stereocenters. The molecule has 0 amide bonds. The van der Waals surface area contributed by atoms with Crippen LogP contribution in [0.25, 0.3) is 22.1 Å². The number of fused-ring (bicyclic) bond motifs is 1. The van der Waals surface area contributed by atoms with Crippen molar-refractivity contribution < 1.29 is 14.1 Å². The Morgan fingerprint density at radius 3 is 2.32 bits per heavy atom. The number of aryl methyl sites for hydroxylation is 1. The molecule has 0 spiro atoms. The van der Waals surface area contributed by atoms with Crippen molar-refractivity contribution in [2.45, 2.75) is 19.8 Å². The van der Waals surface area contributed by atoms with E-state index in [1.54, 1.807) is 24.3 Å². The van der Waals surface area contributed by atoms with Gasteiger partial charge in [0.1, 0.15) is 11.5 Å². The predicted octanol–water partition coefficient (Wildman–Crippen LogP) is 3.89. The SMILES string of the molecule is CC(=O)CCc1c(-c2ccc([N+](=O)[O-])cc2)oc(=O)c2ccccc12. The van der Waals surface area contributed by atoms with Crippen molar-refractivity contribution in [1.29, 1.82) is 0 Å². The summed E-state index contributed by atoms with van der Waals surface area (Å²) in [5.74, 6) is 0.379. The maximum Gasteiger partial charge on any atom is 0.344 e. The van der Waals surface area contributed by atoms with Gasteiger partial charge >= 0.3 is 5.63 Å². The number of ketones is 1. The van der Waals surface area contributed by atoms with Crippen molar-refractivity contribution in [3.05, 3.63) is 74.6 Å². The van der Waals surface area contributed by atoms with Crippen LogP contribution in [0.4, 0.5) is 5.69 Å². The lowest BCUT2D eigenvalue weighted by molar-refractivity contribution is -0.384. The third-order valence-electron chi connectivity index (χ3n) is 4.01. The fourth-order valence-corrected chi connectivity index (χ4v) is 2.77. The molecule has 0 aliphatic rings. The standard InChI is InChI=1S/C19H15NO5/c1-12(21)6-11-16-15-4-2-3-5-17(15)19(22)25-18(16)13-7-9-14(10-8-13)20(23)24/h2-5,7-10H,6,11H2,1H3. The molecule has 1 heterocycles. The molecule has 6 nitrogen and oxygen atoms in total. The molecule has 0 saturated heterocycles. The second-order valence-electron chi connectivity index (χ2n) is 5.75. The number of Topliss-reactive ketones (excluding diaryl/α,β-unsaturated/α-hetero) is 1. The van der Waals surface area contributed by atoms with Gasteiger partial charge < -0.3 is 9.21 Å². The quantitative estimate of drug-likeness (QED) is 0.520. The van der Waals surface area contributed by atoms with Crippen LogP contribution in [-0.2, 0) is 11.2 Å². The van der Waals surface area contributed by atoms with Crippen LogP contribution in [0, 0.1) is 10.1 Å². The number of rotatable bonds is 5. The number of hydrogen-bond donors (Lipinski definition) is 0. The molecule has 0 aliphatic carbocycles. The smallest absolute Gasteiger partial charge is 0.344 e. The van der Waals surface area contributed by atoms with Crippen molar-refractivity contribution in [3.63, 3.8) is 0 Å². The second-order valence-corrected chi connectivity index (χ2v) is 5.75. The van der Waals surface area contributed by atoms with E-state index >= 15 is 0 Å². The molecule has 0 bridgehead atoms. The Hall–Kier alpha value is -3.28. The van der Waals surface area contributed by atoms with Crippen molar-refractivity contribution >= 4 is 22.2 Å². The second kappa shape index (κ2) is 6.68. The Kier molecular flexibility index (Phi) is 4.43. The minimum absolute atomic E-state index is 0.0323. The number of nitro groups is 1. The maximum absolute atomic E-state index is 12.3. The average molecular weight is 337 g/mol. The van der Waals surface area contributed by atoms with Crippen LogP contribution in [0.15, 0.2) is 57.7 Å². The topological polar surface area (TPSA) is 90.4 Å². The Bertz CT molecular complexity index is 1020. The predicted molar refractivity (Wildman–Crippen MR) is 93.6 cm³/mol. The number of carbonyl (C=O) groups is 1. The van der Waals surface area contributed by atoms with E-state index in [1.807, 2.05) is 12.1 Å². The third-order valence-corrected chi connectivity index (χ3v) is 4.01. The van der Waals surface area contributed by atoms with E-state index in [1.165, 1.54) is 19.1 Å². The molecule has 6 heteroatoms. The fraction of sp³-hybridized carbons (Fsp3) is 0.158. The molecule has 0 radical (unpaired) electrons. The summed E-state index contributed by atoms with van der Waals surface area (Å²) in [5.41, 5.74) is 0.791. The van der Waals surface area contributed by atoms with Gasteiger partial charge in [0.05, 0.1) is 10.3 Å². The number of nitro benzene ring substituents is 1. The van der Waals surface area contributed by atoms with Crippen molar-refractivity contribution in [2.24, 2.45) is 0 Å². The van der Waals surface area contributed by atoms with Crippen LogP contribution in [-0.4, -0.2) is 10.7 Å². The highest BCUT2D eigenvalue weighted by molar-refractivity contribution is 5.89. The Labute approximate surface area is 142 Å². The van der Waals surface area contributed by atoms with Crippen molar-refractivity contribution in [2.75, 3.05) is 0 Å². The van der Waals surface area contributed by atoms with Gasteiger partial charge in [-0.05, 0) is 36.9 Å². The van der Waals surface area contributed by atoms with Crippen LogP contribution in [0.2, 0.25) is 0 Å². The summed E-state index contributed by atoms with van der Waals surface area (Å²) in [6.07, 6.45) is 0.740. The minimum Gasteiger partial charge on any atom is -0.422 e. The first-order valence-corrected chi connectivity index (χ1v) is 7.76. The molecule has 25 heavy (non-hydrogen) atoms. The van der Waals surface area contributed by atoms with E-state index < -0.39 is 10.5 Å².